The van der Waals surface area contributed by atoms with Crippen molar-refractivity contribution in [3.8, 4) is 0 Å². The van der Waals surface area contributed by atoms with Crippen molar-refractivity contribution in [3.63, 3.8) is 0 Å². The van der Waals surface area contributed by atoms with Crippen LogP contribution in [-0.2, 0) is 10.1 Å². The molecule has 0 aliphatic rings. The molecule has 0 rings (SSSR count). The van der Waals surface area contributed by atoms with Crippen LogP contribution in [0.2, 0.25) is 0 Å². The van der Waals surface area contributed by atoms with Crippen LogP contribution >= 0.6 is 0 Å². The van der Waals surface area contributed by atoms with Gasteiger partial charge >= 0.3 is 29.6 Å². The van der Waals surface area contributed by atoms with Gasteiger partial charge in [-0.2, -0.15) is 0 Å². The van der Waals surface area contributed by atoms with E-state index in [9.17, 15) is 18.1 Å². The molecule has 21 heavy (non-hydrogen) atoms. The zero-order valence-corrected chi connectivity index (χ0v) is 16.9. The topological polar surface area (TPSA) is 77.4 Å². The summed E-state index contributed by atoms with van der Waals surface area (Å²) in [5.41, 5.74) is 0. The van der Waals surface area contributed by atoms with Crippen LogP contribution in [0.1, 0.15) is 90.9 Å². The molecular formula is C15H31NaO4S. The Balaban J connectivity index is 0. The first-order valence-electron chi connectivity index (χ1n) is 8.05. The van der Waals surface area contributed by atoms with E-state index in [4.69, 9.17) is 0 Å². The van der Waals surface area contributed by atoms with Gasteiger partial charge in [0, 0.05) is 0 Å². The van der Waals surface area contributed by atoms with Gasteiger partial charge in [0.25, 0.3) is 0 Å². The Hall–Kier alpha value is 0.870. The summed E-state index contributed by atoms with van der Waals surface area (Å²) in [5, 5.41) is 9.95. The van der Waals surface area contributed by atoms with Crippen LogP contribution in [0.3, 0.4) is 0 Å². The third-order valence-electron chi connectivity index (χ3n) is 3.78. The Morgan fingerprint density at radius 2 is 1.24 bits per heavy atom. The van der Waals surface area contributed by atoms with Crippen molar-refractivity contribution < 1.29 is 47.6 Å². The summed E-state index contributed by atoms with van der Waals surface area (Å²) in [6, 6.07) is 0. The van der Waals surface area contributed by atoms with Gasteiger partial charge in [-0.25, -0.2) is 8.42 Å². The van der Waals surface area contributed by atoms with Crippen LogP contribution in [0.15, 0.2) is 0 Å². The van der Waals surface area contributed by atoms with Crippen molar-refractivity contribution in [1.82, 2.24) is 0 Å². The molecule has 0 saturated carbocycles. The third-order valence-corrected chi connectivity index (χ3v) is 5.12. The van der Waals surface area contributed by atoms with Gasteiger partial charge in [-0.05, 0) is 19.3 Å². The molecule has 0 fully saturated rings. The molecule has 0 aromatic rings. The Kier molecular flexibility index (Phi) is 15.3. The van der Waals surface area contributed by atoms with Crippen LogP contribution in [0.5, 0.6) is 0 Å². The quantitative estimate of drug-likeness (QED) is 0.310. The van der Waals surface area contributed by atoms with Gasteiger partial charge in [0.15, 0.2) is 4.93 Å². The van der Waals surface area contributed by atoms with Crippen LogP contribution in [0.4, 0.5) is 0 Å². The van der Waals surface area contributed by atoms with Gasteiger partial charge in [0.2, 0.25) is 0 Å². The second kappa shape index (κ2) is 13.3. The maximum absolute atomic E-state index is 11.1. The predicted octanol–water partition coefficient (Wildman–Crippen LogP) is 0.945. The first kappa shape index (κ1) is 24.1. The van der Waals surface area contributed by atoms with Gasteiger partial charge in [-0.3, -0.25) is 0 Å². The smallest absolute Gasteiger partial charge is 0.746 e. The standard InChI is InChI=1S/C15H32O4S.Na/c1-3-5-6-7-8-9-10-11-12-14-15(16,13-4-2)20(17,18)19;/h16H,3-14H2,1-2H3,(H,17,18,19);/q;+1/p-1. The fraction of sp³-hybridized carbons (Fsp3) is 1.00. The minimum Gasteiger partial charge on any atom is -0.746 e. The zero-order chi connectivity index (χ0) is 15.5. The van der Waals surface area contributed by atoms with Crippen LogP contribution < -0.4 is 29.6 Å². The van der Waals surface area contributed by atoms with Crippen molar-refractivity contribution in [1.29, 1.82) is 0 Å². The first-order valence-corrected chi connectivity index (χ1v) is 9.46. The fourth-order valence-corrected chi connectivity index (χ4v) is 3.33. The van der Waals surface area contributed by atoms with Gasteiger partial charge in [0.05, 0.1) is 0 Å². The Morgan fingerprint density at radius 1 is 0.810 bits per heavy atom. The number of unbranched alkanes of at least 4 members (excludes halogenated alkanes) is 8. The molecule has 122 valence electrons. The predicted molar refractivity (Wildman–Crippen MR) is 81.4 cm³/mol. The average Bonchev–Trinajstić information content (AvgIpc) is 2.36. The summed E-state index contributed by atoms with van der Waals surface area (Å²) in [4.78, 5) is -2.05. The van der Waals surface area contributed by atoms with E-state index in [2.05, 4.69) is 6.92 Å². The monoisotopic (exact) mass is 330 g/mol. The molecule has 0 radical (unpaired) electrons. The van der Waals surface area contributed by atoms with Gasteiger partial charge in [0.1, 0.15) is 10.1 Å². The molecule has 0 aromatic carbocycles. The summed E-state index contributed by atoms with van der Waals surface area (Å²) < 4.78 is 33.3. The van der Waals surface area contributed by atoms with Gasteiger partial charge in [-0.15, -0.1) is 0 Å². The minimum atomic E-state index is -4.63. The molecular weight excluding hydrogens is 299 g/mol. The van der Waals surface area contributed by atoms with E-state index in [-0.39, 0.29) is 42.4 Å². The summed E-state index contributed by atoms with van der Waals surface area (Å²) in [6.07, 6.45) is 10.6. The molecule has 1 atom stereocenters. The Morgan fingerprint density at radius 3 is 1.62 bits per heavy atom. The molecule has 0 aliphatic heterocycles. The first-order chi connectivity index (χ1) is 9.37. The fourth-order valence-electron chi connectivity index (χ4n) is 2.48. The Bertz CT molecular complexity index is 333. The summed E-state index contributed by atoms with van der Waals surface area (Å²) in [6.45, 7) is 3.97. The molecule has 4 nitrogen and oxygen atoms in total. The van der Waals surface area contributed by atoms with E-state index in [1.54, 1.807) is 6.92 Å². The van der Waals surface area contributed by atoms with E-state index in [0.29, 0.717) is 12.8 Å². The van der Waals surface area contributed by atoms with Gasteiger partial charge < -0.3 is 9.66 Å². The zero-order valence-electron chi connectivity index (χ0n) is 14.1. The van der Waals surface area contributed by atoms with E-state index in [1.165, 1.54) is 32.1 Å². The van der Waals surface area contributed by atoms with Crippen LogP contribution in [0, 0.1) is 0 Å². The maximum atomic E-state index is 11.1. The van der Waals surface area contributed by atoms with Crippen LogP contribution in [-0.4, -0.2) is 23.0 Å². The molecule has 0 aromatic heterocycles. The molecule has 0 amide bonds. The number of aliphatic hydroxyl groups is 1. The van der Waals surface area contributed by atoms with Crippen molar-refractivity contribution >= 4 is 10.1 Å². The number of hydrogen-bond acceptors (Lipinski definition) is 4. The van der Waals surface area contributed by atoms with Crippen molar-refractivity contribution in [2.45, 2.75) is 95.8 Å². The number of hydrogen-bond donors (Lipinski definition) is 1. The van der Waals surface area contributed by atoms with Crippen molar-refractivity contribution in [3.05, 3.63) is 0 Å². The van der Waals surface area contributed by atoms with Gasteiger partial charge in [-0.1, -0.05) is 71.6 Å². The summed E-state index contributed by atoms with van der Waals surface area (Å²) >= 11 is 0. The SMILES string of the molecule is CCCCCCCCCCCC(O)(CCC)S(=O)(=O)[O-].[Na+]. The van der Waals surface area contributed by atoms with E-state index in [0.717, 1.165) is 19.3 Å². The largest absolute Gasteiger partial charge is 1.00 e. The molecule has 6 heteroatoms. The second-order valence-corrected chi connectivity index (χ2v) is 7.40. The summed E-state index contributed by atoms with van der Waals surface area (Å²) in [5.74, 6) is 0. The normalized spacial score (nSPS) is 14.5. The molecule has 0 heterocycles. The van der Waals surface area contributed by atoms with Crippen LogP contribution in [0.25, 0.3) is 0 Å². The average molecular weight is 330 g/mol. The molecule has 0 spiro atoms. The maximum Gasteiger partial charge on any atom is 1.00 e. The molecule has 1 unspecified atom stereocenters. The van der Waals surface area contributed by atoms with E-state index >= 15 is 0 Å². The third kappa shape index (κ3) is 11.1. The second-order valence-electron chi connectivity index (χ2n) is 5.73. The molecule has 0 aliphatic carbocycles. The van der Waals surface area contributed by atoms with Crippen molar-refractivity contribution in [2.24, 2.45) is 0 Å². The minimum absolute atomic E-state index is 0. The summed E-state index contributed by atoms with van der Waals surface area (Å²) in [7, 11) is -4.63. The van der Waals surface area contributed by atoms with E-state index < -0.39 is 15.1 Å². The molecule has 0 saturated heterocycles. The number of rotatable bonds is 13. The molecule has 0 bridgehead atoms. The molecule has 1 N–H and O–H groups in total. The van der Waals surface area contributed by atoms with Crippen molar-refractivity contribution in [2.75, 3.05) is 0 Å². The van der Waals surface area contributed by atoms with E-state index in [1.807, 2.05) is 0 Å². The Labute approximate surface area is 153 Å².